The summed E-state index contributed by atoms with van der Waals surface area (Å²) in [6.45, 7) is 1.95. The van der Waals surface area contributed by atoms with Gasteiger partial charge in [0.2, 0.25) is 0 Å². The second-order valence-electron chi connectivity index (χ2n) is 4.79. The zero-order valence-electron chi connectivity index (χ0n) is 11.3. The van der Waals surface area contributed by atoms with E-state index in [2.05, 4.69) is 5.10 Å². The lowest BCUT2D eigenvalue weighted by Gasteiger charge is -2.04. The molecule has 0 radical (unpaired) electrons. The zero-order valence-corrected chi connectivity index (χ0v) is 11.3. The number of halogens is 2. The first-order valence-corrected chi connectivity index (χ1v) is 6.43. The normalized spacial score (nSPS) is 10.8. The number of aryl methyl sites for hydroxylation is 1. The van der Waals surface area contributed by atoms with Crippen LogP contribution in [0, 0.1) is 18.6 Å². The van der Waals surface area contributed by atoms with E-state index in [-0.39, 0.29) is 5.56 Å². The second kappa shape index (κ2) is 5.01. The summed E-state index contributed by atoms with van der Waals surface area (Å²) in [4.78, 5) is 0. The van der Waals surface area contributed by atoms with Crippen LogP contribution in [0.5, 0.6) is 0 Å². The van der Waals surface area contributed by atoms with Crippen molar-refractivity contribution >= 4 is 5.69 Å². The first-order valence-electron chi connectivity index (χ1n) is 6.43. The van der Waals surface area contributed by atoms with Gasteiger partial charge in [-0.05, 0) is 30.7 Å². The quantitative estimate of drug-likeness (QED) is 0.780. The summed E-state index contributed by atoms with van der Waals surface area (Å²) in [5.41, 5.74) is 8.62. The fraction of sp³-hybridized carbons (Fsp3) is 0.0625. The number of nitrogens with two attached hydrogens (primary N) is 1. The summed E-state index contributed by atoms with van der Waals surface area (Å²) in [5.74, 6) is -1.31. The van der Waals surface area contributed by atoms with Gasteiger partial charge < -0.3 is 5.73 Å². The molecule has 2 N–H and O–H groups in total. The standard InChI is InChI=1S/C16H13F2N3/c1-10-4-2-3-5-15(10)21-9-14(19)16(20-21)12-7-6-11(17)8-13(12)18/h2-9H,19H2,1H3. The van der Waals surface area contributed by atoms with Gasteiger partial charge in [0.15, 0.2) is 0 Å². The molecule has 1 heterocycles. The van der Waals surface area contributed by atoms with Crippen LogP contribution in [0.15, 0.2) is 48.7 Å². The van der Waals surface area contributed by atoms with E-state index < -0.39 is 11.6 Å². The largest absolute Gasteiger partial charge is 0.396 e. The van der Waals surface area contributed by atoms with Crippen LogP contribution in [0.4, 0.5) is 14.5 Å². The lowest BCUT2D eigenvalue weighted by Crippen LogP contribution is -1.97. The minimum Gasteiger partial charge on any atom is -0.396 e. The molecule has 3 rings (SSSR count). The highest BCUT2D eigenvalue weighted by Crippen LogP contribution is 2.28. The Labute approximate surface area is 120 Å². The van der Waals surface area contributed by atoms with Crippen molar-refractivity contribution in [1.29, 1.82) is 0 Å². The van der Waals surface area contributed by atoms with E-state index in [1.54, 1.807) is 10.9 Å². The SMILES string of the molecule is Cc1ccccc1-n1cc(N)c(-c2ccc(F)cc2F)n1. The minimum atomic E-state index is -0.684. The highest BCUT2D eigenvalue weighted by Gasteiger charge is 2.14. The number of aromatic nitrogens is 2. The average molecular weight is 285 g/mol. The van der Waals surface area contributed by atoms with Crippen molar-refractivity contribution in [3.05, 3.63) is 65.9 Å². The first-order chi connectivity index (χ1) is 10.1. The molecule has 0 saturated carbocycles. The van der Waals surface area contributed by atoms with E-state index in [4.69, 9.17) is 5.73 Å². The fourth-order valence-corrected chi connectivity index (χ4v) is 2.22. The van der Waals surface area contributed by atoms with Crippen molar-refractivity contribution in [2.45, 2.75) is 6.92 Å². The zero-order chi connectivity index (χ0) is 15.0. The maximum atomic E-state index is 13.9. The van der Waals surface area contributed by atoms with Gasteiger partial charge in [-0.2, -0.15) is 5.10 Å². The van der Waals surface area contributed by atoms with Crippen LogP contribution in [-0.4, -0.2) is 9.78 Å². The fourth-order valence-electron chi connectivity index (χ4n) is 2.22. The molecule has 1 aromatic heterocycles. The van der Waals surface area contributed by atoms with E-state index in [0.717, 1.165) is 17.3 Å². The molecule has 106 valence electrons. The van der Waals surface area contributed by atoms with Gasteiger partial charge in [0, 0.05) is 11.6 Å². The predicted octanol–water partition coefficient (Wildman–Crippen LogP) is 3.71. The molecule has 0 bridgehead atoms. The van der Waals surface area contributed by atoms with E-state index in [0.29, 0.717) is 11.4 Å². The minimum absolute atomic E-state index is 0.182. The van der Waals surface area contributed by atoms with Gasteiger partial charge in [-0.3, -0.25) is 0 Å². The molecule has 5 heteroatoms. The Balaban J connectivity index is 2.12. The van der Waals surface area contributed by atoms with Gasteiger partial charge in [0.25, 0.3) is 0 Å². The summed E-state index contributed by atoms with van der Waals surface area (Å²) in [7, 11) is 0. The van der Waals surface area contributed by atoms with Gasteiger partial charge in [-0.1, -0.05) is 18.2 Å². The molecule has 0 atom stereocenters. The number of anilines is 1. The topological polar surface area (TPSA) is 43.8 Å². The second-order valence-corrected chi connectivity index (χ2v) is 4.79. The van der Waals surface area contributed by atoms with Gasteiger partial charge >= 0.3 is 0 Å². The smallest absolute Gasteiger partial charge is 0.135 e. The molecular formula is C16H13F2N3. The van der Waals surface area contributed by atoms with Crippen LogP contribution in [-0.2, 0) is 0 Å². The molecule has 21 heavy (non-hydrogen) atoms. The van der Waals surface area contributed by atoms with E-state index in [1.807, 2.05) is 31.2 Å². The highest BCUT2D eigenvalue weighted by molar-refractivity contribution is 5.73. The molecule has 2 aromatic carbocycles. The maximum absolute atomic E-state index is 13.9. The maximum Gasteiger partial charge on any atom is 0.135 e. The highest BCUT2D eigenvalue weighted by atomic mass is 19.1. The summed E-state index contributed by atoms with van der Waals surface area (Å²) < 4.78 is 28.5. The van der Waals surface area contributed by atoms with Crippen molar-refractivity contribution in [2.75, 3.05) is 5.73 Å². The van der Waals surface area contributed by atoms with Crippen molar-refractivity contribution in [3.8, 4) is 16.9 Å². The Morgan fingerprint density at radius 2 is 1.86 bits per heavy atom. The Hall–Kier alpha value is -2.69. The van der Waals surface area contributed by atoms with Crippen LogP contribution >= 0.6 is 0 Å². The molecule has 3 nitrogen and oxygen atoms in total. The van der Waals surface area contributed by atoms with Gasteiger partial charge in [-0.15, -0.1) is 0 Å². The molecule has 0 aliphatic heterocycles. The number of hydrogen-bond acceptors (Lipinski definition) is 2. The van der Waals surface area contributed by atoms with Crippen molar-refractivity contribution in [1.82, 2.24) is 9.78 Å². The van der Waals surface area contributed by atoms with Gasteiger partial charge in [0.05, 0.1) is 17.6 Å². The number of hydrogen-bond donors (Lipinski definition) is 1. The number of benzene rings is 2. The number of rotatable bonds is 2. The molecule has 3 aromatic rings. The van der Waals surface area contributed by atoms with Crippen LogP contribution in [0.2, 0.25) is 0 Å². The third kappa shape index (κ3) is 2.38. The Morgan fingerprint density at radius 1 is 1.10 bits per heavy atom. The molecule has 0 unspecified atom stereocenters. The average Bonchev–Trinajstić information content (AvgIpc) is 2.81. The Kier molecular flexibility index (Phi) is 3.17. The summed E-state index contributed by atoms with van der Waals surface area (Å²) >= 11 is 0. The Bertz CT molecular complexity index is 809. The van der Waals surface area contributed by atoms with Crippen LogP contribution in [0.3, 0.4) is 0 Å². The monoisotopic (exact) mass is 285 g/mol. The van der Waals surface area contributed by atoms with Gasteiger partial charge in [-0.25, -0.2) is 13.5 Å². The molecule has 0 aliphatic carbocycles. The summed E-state index contributed by atoms with van der Waals surface area (Å²) in [5, 5.41) is 4.33. The summed E-state index contributed by atoms with van der Waals surface area (Å²) in [6.07, 6.45) is 1.63. The van der Waals surface area contributed by atoms with E-state index in [9.17, 15) is 8.78 Å². The third-order valence-corrected chi connectivity index (χ3v) is 3.29. The number of para-hydroxylation sites is 1. The third-order valence-electron chi connectivity index (χ3n) is 3.29. The van der Waals surface area contributed by atoms with Crippen molar-refractivity contribution in [2.24, 2.45) is 0 Å². The number of nitrogens with zero attached hydrogens (tertiary/aromatic N) is 2. The predicted molar refractivity (Wildman–Crippen MR) is 78.1 cm³/mol. The molecule has 0 fully saturated rings. The summed E-state index contributed by atoms with van der Waals surface area (Å²) in [6, 6.07) is 11.0. The van der Waals surface area contributed by atoms with Crippen molar-refractivity contribution in [3.63, 3.8) is 0 Å². The Morgan fingerprint density at radius 3 is 2.57 bits per heavy atom. The number of nitrogen functional groups attached to an aromatic ring is 1. The molecular weight excluding hydrogens is 272 g/mol. The molecule has 0 amide bonds. The van der Waals surface area contributed by atoms with Crippen molar-refractivity contribution < 1.29 is 8.78 Å². The lowest BCUT2D eigenvalue weighted by atomic mass is 10.1. The molecule has 0 aliphatic rings. The first kappa shape index (κ1) is 13.3. The van der Waals surface area contributed by atoms with Crippen LogP contribution < -0.4 is 5.73 Å². The van der Waals surface area contributed by atoms with Crippen LogP contribution in [0.25, 0.3) is 16.9 Å². The van der Waals surface area contributed by atoms with Gasteiger partial charge in [0.1, 0.15) is 17.3 Å². The van der Waals surface area contributed by atoms with Crippen LogP contribution in [0.1, 0.15) is 5.56 Å². The lowest BCUT2D eigenvalue weighted by molar-refractivity contribution is 0.585. The molecule has 0 spiro atoms. The molecule has 0 saturated heterocycles. The van der Waals surface area contributed by atoms with E-state index >= 15 is 0 Å². The van der Waals surface area contributed by atoms with E-state index in [1.165, 1.54) is 12.1 Å².